The molecule has 2 heterocycles. The highest BCUT2D eigenvalue weighted by molar-refractivity contribution is 5.51. The number of anilines is 1. The van der Waals surface area contributed by atoms with Crippen LogP contribution in [0.15, 0.2) is 30.9 Å². The highest BCUT2D eigenvalue weighted by atomic mass is 15.2. The molecule has 0 saturated carbocycles. The molecule has 114 valence electrons. The SMILES string of the molecule is CC(C)CNCc1ccncc1N(C)Cc1nccn1C. The van der Waals surface area contributed by atoms with Crippen molar-refractivity contribution in [2.45, 2.75) is 26.9 Å². The van der Waals surface area contributed by atoms with Gasteiger partial charge in [-0.2, -0.15) is 0 Å². The summed E-state index contributed by atoms with van der Waals surface area (Å²) in [7, 11) is 4.10. The average molecular weight is 287 g/mol. The predicted molar refractivity (Wildman–Crippen MR) is 86.1 cm³/mol. The van der Waals surface area contributed by atoms with Crippen LogP contribution in [0.2, 0.25) is 0 Å². The molecule has 0 aromatic carbocycles. The van der Waals surface area contributed by atoms with Gasteiger partial charge in [-0.1, -0.05) is 13.8 Å². The summed E-state index contributed by atoms with van der Waals surface area (Å²) in [5.74, 6) is 1.70. The van der Waals surface area contributed by atoms with Crippen LogP contribution >= 0.6 is 0 Å². The average Bonchev–Trinajstić information content (AvgIpc) is 2.84. The van der Waals surface area contributed by atoms with Gasteiger partial charge in [-0.15, -0.1) is 0 Å². The molecule has 0 aliphatic carbocycles. The topological polar surface area (TPSA) is 46.0 Å². The van der Waals surface area contributed by atoms with Crippen molar-refractivity contribution in [3.63, 3.8) is 0 Å². The number of aromatic nitrogens is 3. The lowest BCUT2D eigenvalue weighted by atomic mass is 10.2. The normalized spacial score (nSPS) is 11.1. The van der Waals surface area contributed by atoms with Crippen molar-refractivity contribution >= 4 is 5.69 Å². The van der Waals surface area contributed by atoms with Gasteiger partial charge in [0.15, 0.2) is 0 Å². The quantitative estimate of drug-likeness (QED) is 0.848. The van der Waals surface area contributed by atoms with E-state index >= 15 is 0 Å². The van der Waals surface area contributed by atoms with Crippen LogP contribution in [0, 0.1) is 5.92 Å². The Bertz CT molecular complexity index is 561. The number of aryl methyl sites for hydroxylation is 1. The summed E-state index contributed by atoms with van der Waals surface area (Å²) in [4.78, 5) is 10.8. The van der Waals surface area contributed by atoms with E-state index in [0.29, 0.717) is 5.92 Å². The molecule has 2 aromatic heterocycles. The second kappa shape index (κ2) is 7.22. The van der Waals surface area contributed by atoms with Crippen LogP contribution in [-0.4, -0.2) is 28.1 Å². The van der Waals surface area contributed by atoms with Crippen molar-refractivity contribution in [2.24, 2.45) is 13.0 Å². The van der Waals surface area contributed by atoms with Gasteiger partial charge in [0.05, 0.1) is 18.4 Å². The minimum Gasteiger partial charge on any atom is -0.366 e. The summed E-state index contributed by atoms with van der Waals surface area (Å²) >= 11 is 0. The molecule has 0 aliphatic heterocycles. The first-order chi connectivity index (χ1) is 10.1. The maximum Gasteiger partial charge on any atom is 0.127 e. The minimum absolute atomic E-state index is 0.653. The van der Waals surface area contributed by atoms with E-state index in [1.54, 1.807) is 0 Å². The van der Waals surface area contributed by atoms with Crippen molar-refractivity contribution in [1.82, 2.24) is 19.9 Å². The van der Waals surface area contributed by atoms with Gasteiger partial charge in [0.2, 0.25) is 0 Å². The minimum atomic E-state index is 0.653. The summed E-state index contributed by atoms with van der Waals surface area (Å²) in [6.45, 7) is 7.08. The lowest BCUT2D eigenvalue weighted by molar-refractivity contribution is 0.552. The number of nitrogens with zero attached hydrogens (tertiary/aromatic N) is 4. The van der Waals surface area contributed by atoms with Gasteiger partial charge in [-0.25, -0.2) is 4.98 Å². The number of imidazole rings is 1. The molecule has 1 N–H and O–H groups in total. The molecule has 0 fully saturated rings. The van der Waals surface area contributed by atoms with Crippen molar-refractivity contribution in [3.8, 4) is 0 Å². The molecular weight excluding hydrogens is 262 g/mol. The lowest BCUT2D eigenvalue weighted by Crippen LogP contribution is -2.24. The summed E-state index contributed by atoms with van der Waals surface area (Å²) in [6, 6.07) is 2.08. The molecule has 0 spiro atoms. The van der Waals surface area contributed by atoms with E-state index in [2.05, 4.69) is 47.1 Å². The molecule has 2 rings (SSSR count). The fraction of sp³-hybridized carbons (Fsp3) is 0.500. The molecule has 0 atom stereocenters. The highest BCUT2D eigenvalue weighted by Crippen LogP contribution is 2.19. The summed E-state index contributed by atoms with van der Waals surface area (Å²) < 4.78 is 2.05. The summed E-state index contributed by atoms with van der Waals surface area (Å²) in [6.07, 6.45) is 7.58. The van der Waals surface area contributed by atoms with Gasteiger partial charge in [0.25, 0.3) is 0 Å². The van der Waals surface area contributed by atoms with Gasteiger partial charge >= 0.3 is 0 Å². The number of nitrogens with one attached hydrogen (secondary N) is 1. The van der Waals surface area contributed by atoms with Crippen LogP contribution in [0.5, 0.6) is 0 Å². The maximum absolute atomic E-state index is 4.38. The molecule has 0 saturated heterocycles. The van der Waals surface area contributed by atoms with Gasteiger partial charge in [0, 0.05) is 39.2 Å². The van der Waals surface area contributed by atoms with Crippen LogP contribution in [0.3, 0.4) is 0 Å². The molecule has 0 radical (unpaired) electrons. The Labute approximate surface area is 127 Å². The number of hydrogen-bond donors (Lipinski definition) is 1. The van der Waals surface area contributed by atoms with Crippen molar-refractivity contribution < 1.29 is 0 Å². The molecular formula is C16H25N5. The van der Waals surface area contributed by atoms with Crippen LogP contribution in [0.1, 0.15) is 25.2 Å². The zero-order valence-electron chi connectivity index (χ0n) is 13.4. The third kappa shape index (κ3) is 4.29. The van der Waals surface area contributed by atoms with E-state index in [0.717, 1.165) is 31.1 Å². The molecule has 21 heavy (non-hydrogen) atoms. The van der Waals surface area contributed by atoms with Gasteiger partial charge in [-0.05, 0) is 24.1 Å². The number of hydrogen-bond acceptors (Lipinski definition) is 4. The maximum atomic E-state index is 4.38. The van der Waals surface area contributed by atoms with Gasteiger partial charge < -0.3 is 14.8 Å². The van der Waals surface area contributed by atoms with Gasteiger partial charge in [-0.3, -0.25) is 4.98 Å². The standard InChI is InChI=1S/C16H25N5/c1-13(2)9-18-10-14-5-6-17-11-15(14)21(4)12-16-19-7-8-20(16)3/h5-8,11,13,18H,9-10,12H2,1-4H3. The van der Waals surface area contributed by atoms with E-state index in [9.17, 15) is 0 Å². The molecule has 0 amide bonds. The fourth-order valence-electron chi connectivity index (χ4n) is 2.25. The van der Waals surface area contributed by atoms with E-state index in [1.807, 2.05) is 36.4 Å². The third-order valence-electron chi connectivity index (χ3n) is 3.47. The Morgan fingerprint density at radius 3 is 2.81 bits per heavy atom. The van der Waals surface area contributed by atoms with E-state index in [-0.39, 0.29) is 0 Å². The Hall–Kier alpha value is -1.88. The van der Waals surface area contributed by atoms with E-state index in [4.69, 9.17) is 0 Å². The zero-order valence-corrected chi connectivity index (χ0v) is 13.4. The number of pyridine rings is 1. The Kier molecular flexibility index (Phi) is 5.33. The molecule has 5 nitrogen and oxygen atoms in total. The first kappa shape index (κ1) is 15.5. The molecule has 2 aromatic rings. The van der Waals surface area contributed by atoms with E-state index in [1.165, 1.54) is 5.56 Å². The fourth-order valence-corrected chi connectivity index (χ4v) is 2.25. The number of rotatable bonds is 7. The Morgan fingerprint density at radius 2 is 2.14 bits per heavy atom. The summed E-state index contributed by atoms with van der Waals surface area (Å²) in [5, 5.41) is 3.49. The van der Waals surface area contributed by atoms with E-state index < -0.39 is 0 Å². The smallest absolute Gasteiger partial charge is 0.127 e. The van der Waals surface area contributed by atoms with Crippen molar-refractivity contribution in [2.75, 3.05) is 18.5 Å². The Balaban J connectivity index is 2.06. The van der Waals surface area contributed by atoms with Crippen molar-refractivity contribution in [1.29, 1.82) is 0 Å². The van der Waals surface area contributed by atoms with Crippen LogP contribution in [0.25, 0.3) is 0 Å². The highest BCUT2D eigenvalue weighted by Gasteiger charge is 2.10. The zero-order chi connectivity index (χ0) is 15.2. The largest absolute Gasteiger partial charge is 0.366 e. The van der Waals surface area contributed by atoms with Crippen molar-refractivity contribution in [3.05, 3.63) is 42.2 Å². The second-order valence-electron chi connectivity index (χ2n) is 5.84. The predicted octanol–water partition coefficient (Wildman–Crippen LogP) is 2.20. The first-order valence-corrected chi connectivity index (χ1v) is 7.39. The Morgan fingerprint density at radius 1 is 1.33 bits per heavy atom. The first-order valence-electron chi connectivity index (χ1n) is 7.39. The molecule has 0 unspecified atom stereocenters. The van der Waals surface area contributed by atoms with Crippen LogP contribution in [-0.2, 0) is 20.1 Å². The molecule has 5 heteroatoms. The lowest BCUT2D eigenvalue weighted by Gasteiger charge is -2.22. The van der Waals surface area contributed by atoms with Crippen LogP contribution < -0.4 is 10.2 Å². The third-order valence-corrected chi connectivity index (χ3v) is 3.47. The molecule has 0 bridgehead atoms. The molecule has 0 aliphatic rings. The second-order valence-corrected chi connectivity index (χ2v) is 5.84. The summed E-state index contributed by atoms with van der Waals surface area (Å²) in [5.41, 5.74) is 2.42. The van der Waals surface area contributed by atoms with Gasteiger partial charge in [0.1, 0.15) is 5.82 Å². The monoisotopic (exact) mass is 287 g/mol. The van der Waals surface area contributed by atoms with Crippen LogP contribution in [0.4, 0.5) is 5.69 Å².